The highest BCUT2D eigenvalue weighted by Gasteiger charge is 2.25. The number of rotatable bonds is 6. The summed E-state index contributed by atoms with van der Waals surface area (Å²) in [6, 6.07) is 3.35. The van der Waals surface area contributed by atoms with Gasteiger partial charge in [-0.3, -0.25) is 0 Å². The molecule has 0 unspecified atom stereocenters. The van der Waals surface area contributed by atoms with Crippen LogP contribution >= 0.6 is 0 Å². The van der Waals surface area contributed by atoms with Crippen LogP contribution in [-0.4, -0.2) is 23.7 Å². The smallest absolute Gasteiger partial charge is 0.339 e. The summed E-state index contributed by atoms with van der Waals surface area (Å²) in [6.45, 7) is 10.3. The van der Waals surface area contributed by atoms with Crippen LogP contribution in [0.5, 0.6) is 0 Å². The number of hydrogen-bond acceptors (Lipinski definition) is 3. The molecule has 0 aromatic heterocycles. The second-order valence-electron chi connectivity index (χ2n) is 6.82. The predicted molar refractivity (Wildman–Crippen MR) is 86.5 cm³/mol. The van der Waals surface area contributed by atoms with Gasteiger partial charge in [-0.25, -0.2) is 9.59 Å². The van der Waals surface area contributed by atoms with E-state index in [4.69, 9.17) is 4.74 Å². The van der Waals surface area contributed by atoms with Crippen LogP contribution in [0.25, 0.3) is 0 Å². The van der Waals surface area contributed by atoms with Crippen molar-refractivity contribution in [1.29, 1.82) is 0 Å². The molecule has 1 aromatic carbocycles. The Bertz CT molecular complexity index is 553. The van der Waals surface area contributed by atoms with E-state index >= 15 is 0 Å². The monoisotopic (exact) mass is 306 g/mol. The SMILES string of the molecule is CCCCOC(=O)c1ccc(C)c(CC(C)(C)C)c1C(=O)O. The van der Waals surface area contributed by atoms with Crippen LogP contribution in [0.4, 0.5) is 0 Å². The lowest BCUT2D eigenvalue weighted by molar-refractivity contribution is 0.0489. The number of ether oxygens (including phenoxy) is 1. The van der Waals surface area contributed by atoms with Gasteiger partial charge >= 0.3 is 11.9 Å². The summed E-state index contributed by atoms with van der Waals surface area (Å²) < 4.78 is 5.18. The number of benzene rings is 1. The Balaban J connectivity index is 3.26. The van der Waals surface area contributed by atoms with Crippen LogP contribution in [0.2, 0.25) is 0 Å². The average molecular weight is 306 g/mol. The molecule has 0 saturated carbocycles. The highest BCUT2D eigenvalue weighted by atomic mass is 16.5. The summed E-state index contributed by atoms with van der Waals surface area (Å²) in [5.41, 5.74) is 1.76. The second kappa shape index (κ2) is 7.43. The standard InChI is InChI=1S/C18H26O4/c1-6-7-10-22-17(21)13-9-8-12(2)14(11-18(3,4)5)15(13)16(19)20/h8-9H,6-7,10-11H2,1-5H3,(H,19,20). The minimum atomic E-state index is -1.08. The molecule has 0 atom stereocenters. The zero-order valence-corrected chi connectivity index (χ0v) is 14.2. The van der Waals surface area contributed by atoms with Gasteiger partial charge in [-0.15, -0.1) is 0 Å². The van der Waals surface area contributed by atoms with Crippen molar-refractivity contribution < 1.29 is 19.4 Å². The quantitative estimate of drug-likeness (QED) is 0.630. The van der Waals surface area contributed by atoms with Crippen LogP contribution in [0.1, 0.15) is 72.4 Å². The van der Waals surface area contributed by atoms with Gasteiger partial charge in [0, 0.05) is 0 Å². The van der Waals surface area contributed by atoms with E-state index in [1.54, 1.807) is 12.1 Å². The fourth-order valence-corrected chi connectivity index (χ4v) is 2.31. The van der Waals surface area contributed by atoms with Crippen LogP contribution in [-0.2, 0) is 11.2 Å². The van der Waals surface area contributed by atoms with E-state index in [1.807, 2.05) is 34.6 Å². The van der Waals surface area contributed by atoms with Crippen LogP contribution in [0.15, 0.2) is 12.1 Å². The molecule has 0 aliphatic heterocycles. The van der Waals surface area contributed by atoms with Gasteiger partial charge in [0.2, 0.25) is 0 Å². The van der Waals surface area contributed by atoms with Crippen LogP contribution < -0.4 is 0 Å². The first kappa shape index (κ1) is 18.2. The number of carboxylic acids is 1. The molecule has 4 nitrogen and oxygen atoms in total. The maximum atomic E-state index is 12.2. The van der Waals surface area contributed by atoms with Gasteiger partial charge in [-0.2, -0.15) is 0 Å². The highest BCUT2D eigenvalue weighted by molar-refractivity contribution is 6.03. The Labute approximate surface area is 132 Å². The predicted octanol–water partition coefficient (Wildman–Crippen LogP) is 4.24. The average Bonchev–Trinajstić information content (AvgIpc) is 2.39. The lowest BCUT2D eigenvalue weighted by Crippen LogP contribution is -2.19. The summed E-state index contributed by atoms with van der Waals surface area (Å²) in [5.74, 6) is -1.63. The van der Waals surface area contributed by atoms with E-state index in [2.05, 4.69) is 0 Å². The molecule has 4 heteroatoms. The minimum Gasteiger partial charge on any atom is -0.478 e. The van der Waals surface area contributed by atoms with E-state index in [9.17, 15) is 14.7 Å². The van der Waals surface area contributed by atoms with Crippen molar-refractivity contribution in [1.82, 2.24) is 0 Å². The molecule has 0 saturated heterocycles. The first-order valence-electron chi connectivity index (χ1n) is 7.70. The third-order valence-electron chi connectivity index (χ3n) is 3.42. The lowest BCUT2D eigenvalue weighted by Gasteiger charge is -2.22. The molecule has 1 aromatic rings. The summed E-state index contributed by atoms with van der Waals surface area (Å²) in [6.07, 6.45) is 2.29. The van der Waals surface area contributed by atoms with Crippen molar-refractivity contribution in [2.45, 2.75) is 53.9 Å². The molecule has 0 bridgehead atoms. The van der Waals surface area contributed by atoms with Gasteiger partial charge in [0.25, 0.3) is 0 Å². The molecule has 122 valence electrons. The number of carbonyl (C=O) groups excluding carboxylic acids is 1. The van der Waals surface area contributed by atoms with Crippen molar-refractivity contribution in [2.24, 2.45) is 5.41 Å². The number of aromatic carboxylic acids is 1. The van der Waals surface area contributed by atoms with Crippen molar-refractivity contribution in [3.63, 3.8) is 0 Å². The Kier molecular flexibility index (Phi) is 6.15. The van der Waals surface area contributed by atoms with Gasteiger partial charge in [0.1, 0.15) is 0 Å². The van der Waals surface area contributed by atoms with Gasteiger partial charge in [0.15, 0.2) is 0 Å². The van der Waals surface area contributed by atoms with Crippen molar-refractivity contribution in [3.05, 3.63) is 34.4 Å². The van der Waals surface area contributed by atoms with Crippen LogP contribution in [0, 0.1) is 12.3 Å². The Morgan fingerprint density at radius 3 is 2.36 bits per heavy atom. The highest BCUT2D eigenvalue weighted by Crippen LogP contribution is 2.28. The van der Waals surface area contributed by atoms with Gasteiger partial charge in [-0.1, -0.05) is 40.2 Å². The zero-order valence-electron chi connectivity index (χ0n) is 14.2. The first-order valence-corrected chi connectivity index (χ1v) is 7.70. The molecule has 0 spiro atoms. The summed E-state index contributed by atoms with van der Waals surface area (Å²) in [7, 11) is 0. The molecular formula is C18H26O4. The van der Waals surface area contributed by atoms with E-state index < -0.39 is 11.9 Å². The summed E-state index contributed by atoms with van der Waals surface area (Å²) in [4.78, 5) is 23.9. The van der Waals surface area contributed by atoms with Gasteiger partial charge < -0.3 is 9.84 Å². The number of hydrogen-bond donors (Lipinski definition) is 1. The summed E-state index contributed by atoms with van der Waals surface area (Å²) >= 11 is 0. The molecule has 0 radical (unpaired) electrons. The Morgan fingerprint density at radius 2 is 1.86 bits per heavy atom. The molecule has 0 amide bonds. The van der Waals surface area contributed by atoms with E-state index in [-0.39, 0.29) is 16.5 Å². The molecular weight excluding hydrogens is 280 g/mol. The lowest BCUT2D eigenvalue weighted by atomic mass is 9.83. The number of carbonyl (C=O) groups is 2. The van der Waals surface area contributed by atoms with Crippen molar-refractivity contribution >= 4 is 11.9 Å². The zero-order chi connectivity index (χ0) is 16.9. The van der Waals surface area contributed by atoms with Gasteiger partial charge in [0.05, 0.1) is 17.7 Å². The normalized spacial score (nSPS) is 11.3. The Hall–Kier alpha value is -1.84. The fourth-order valence-electron chi connectivity index (χ4n) is 2.31. The minimum absolute atomic E-state index is 0.0697. The number of esters is 1. The molecule has 1 rings (SSSR count). The maximum absolute atomic E-state index is 12.2. The molecule has 22 heavy (non-hydrogen) atoms. The molecule has 1 N–H and O–H groups in total. The van der Waals surface area contributed by atoms with E-state index in [0.29, 0.717) is 18.6 Å². The van der Waals surface area contributed by atoms with E-state index in [0.717, 1.165) is 18.4 Å². The molecule has 0 heterocycles. The molecule has 0 aliphatic rings. The van der Waals surface area contributed by atoms with Crippen molar-refractivity contribution in [2.75, 3.05) is 6.61 Å². The Morgan fingerprint density at radius 1 is 1.23 bits per heavy atom. The van der Waals surface area contributed by atoms with Crippen molar-refractivity contribution in [3.8, 4) is 0 Å². The third kappa shape index (κ3) is 4.86. The number of aryl methyl sites for hydroxylation is 1. The second-order valence-corrected chi connectivity index (χ2v) is 6.82. The largest absolute Gasteiger partial charge is 0.478 e. The molecule has 0 fully saturated rings. The summed E-state index contributed by atoms with van der Waals surface area (Å²) in [5, 5.41) is 9.58. The van der Waals surface area contributed by atoms with E-state index in [1.165, 1.54) is 0 Å². The maximum Gasteiger partial charge on any atom is 0.339 e. The fraction of sp³-hybridized carbons (Fsp3) is 0.556. The first-order chi connectivity index (χ1) is 10.2. The molecule has 0 aliphatic carbocycles. The van der Waals surface area contributed by atoms with Gasteiger partial charge in [-0.05, 0) is 42.4 Å². The number of carboxylic acid groups (broad SMARTS) is 1. The number of unbranched alkanes of at least 4 members (excludes halogenated alkanes) is 1. The van der Waals surface area contributed by atoms with Crippen LogP contribution in [0.3, 0.4) is 0 Å². The topological polar surface area (TPSA) is 63.6 Å². The third-order valence-corrected chi connectivity index (χ3v) is 3.42.